The van der Waals surface area contributed by atoms with Gasteiger partial charge in [0.1, 0.15) is 0 Å². The molecular weight excluding hydrogens is 340 g/mol. The van der Waals surface area contributed by atoms with Gasteiger partial charge in [-0.25, -0.2) is 0 Å². The van der Waals surface area contributed by atoms with Gasteiger partial charge in [0.25, 0.3) is 0 Å². The Labute approximate surface area is 174 Å². The smallest absolute Gasteiger partial charge is 0.0883 e. The lowest BCUT2D eigenvalue weighted by Crippen LogP contribution is -2.59. The summed E-state index contributed by atoms with van der Waals surface area (Å²) < 4.78 is 0. The maximum absolute atomic E-state index is 11.5. The lowest BCUT2D eigenvalue weighted by molar-refractivity contribution is -0.148. The van der Waals surface area contributed by atoms with Crippen LogP contribution in [0.2, 0.25) is 0 Å². The van der Waals surface area contributed by atoms with Gasteiger partial charge < -0.3 is 5.11 Å². The zero-order chi connectivity index (χ0) is 20.2. The Kier molecular flexibility index (Phi) is 5.56. The SMILES string of the molecule is CC(C)CCCC(C)C1CCC2C3C=C[C@@]4(O)CCCC[C@]4(C)C3CC[C@]12C. The Morgan fingerprint density at radius 1 is 0.929 bits per heavy atom. The summed E-state index contributed by atoms with van der Waals surface area (Å²) in [5.41, 5.74) is 0.124. The number of rotatable bonds is 5. The first kappa shape index (κ1) is 21.0. The molecule has 4 aliphatic rings. The van der Waals surface area contributed by atoms with E-state index in [4.69, 9.17) is 0 Å². The van der Waals surface area contributed by atoms with Gasteiger partial charge in [-0.1, -0.05) is 78.9 Å². The third-order valence-corrected chi connectivity index (χ3v) is 10.4. The molecule has 3 fully saturated rings. The molecule has 5 unspecified atom stereocenters. The average molecular weight is 387 g/mol. The van der Waals surface area contributed by atoms with Gasteiger partial charge in [-0.05, 0) is 79.4 Å². The Hall–Kier alpha value is -0.300. The fourth-order valence-electron chi connectivity index (χ4n) is 8.67. The highest BCUT2D eigenvalue weighted by atomic mass is 16.3. The minimum absolute atomic E-state index is 0.118. The van der Waals surface area contributed by atoms with Crippen molar-refractivity contribution < 1.29 is 5.11 Å². The largest absolute Gasteiger partial charge is 0.385 e. The van der Waals surface area contributed by atoms with Crippen molar-refractivity contribution in [3.8, 4) is 0 Å². The van der Waals surface area contributed by atoms with Crippen LogP contribution in [-0.2, 0) is 0 Å². The molecule has 0 aromatic heterocycles. The molecular formula is C27H46O. The molecule has 4 rings (SSSR count). The number of hydrogen-bond acceptors (Lipinski definition) is 1. The Balaban J connectivity index is 1.52. The molecule has 1 N–H and O–H groups in total. The monoisotopic (exact) mass is 386 g/mol. The molecule has 0 heterocycles. The van der Waals surface area contributed by atoms with Crippen LogP contribution in [0.3, 0.4) is 0 Å². The molecule has 0 spiro atoms. The van der Waals surface area contributed by atoms with Gasteiger partial charge in [0.15, 0.2) is 0 Å². The van der Waals surface area contributed by atoms with E-state index in [0.717, 1.165) is 36.0 Å². The van der Waals surface area contributed by atoms with Crippen LogP contribution in [0.5, 0.6) is 0 Å². The van der Waals surface area contributed by atoms with E-state index in [2.05, 4.69) is 46.8 Å². The van der Waals surface area contributed by atoms with Crippen molar-refractivity contribution in [2.75, 3.05) is 0 Å². The maximum Gasteiger partial charge on any atom is 0.0883 e. The molecule has 0 aromatic rings. The molecule has 0 aliphatic heterocycles. The molecule has 0 amide bonds. The summed E-state index contributed by atoms with van der Waals surface area (Å²) in [5.74, 6) is 4.91. The van der Waals surface area contributed by atoms with Gasteiger partial charge >= 0.3 is 0 Å². The molecule has 0 radical (unpaired) electrons. The quantitative estimate of drug-likeness (QED) is 0.488. The lowest BCUT2D eigenvalue weighted by Gasteiger charge is -2.61. The second-order valence-corrected chi connectivity index (χ2v) is 12.2. The average Bonchev–Trinajstić information content (AvgIpc) is 2.99. The summed E-state index contributed by atoms with van der Waals surface area (Å²) in [6, 6.07) is 0. The fraction of sp³-hybridized carbons (Fsp3) is 0.926. The minimum atomic E-state index is -0.525. The Morgan fingerprint density at radius 2 is 1.68 bits per heavy atom. The second-order valence-electron chi connectivity index (χ2n) is 12.2. The van der Waals surface area contributed by atoms with Gasteiger partial charge in [-0.3, -0.25) is 0 Å². The van der Waals surface area contributed by atoms with Gasteiger partial charge in [0, 0.05) is 5.41 Å². The molecule has 3 saturated carbocycles. The highest BCUT2D eigenvalue weighted by Gasteiger charge is 2.62. The van der Waals surface area contributed by atoms with Crippen LogP contribution in [0.4, 0.5) is 0 Å². The van der Waals surface area contributed by atoms with Crippen molar-refractivity contribution in [1.82, 2.24) is 0 Å². The molecule has 28 heavy (non-hydrogen) atoms. The minimum Gasteiger partial charge on any atom is -0.385 e. The van der Waals surface area contributed by atoms with E-state index in [1.165, 1.54) is 64.2 Å². The first-order valence-electron chi connectivity index (χ1n) is 12.6. The van der Waals surface area contributed by atoms with Crippen LogP contribution < -0.4 is 0 Å². The first-order chi connectivity index (χ1) is 13.2. The van der Waals surface area contributed by atoms with E-state index in [-0.39, 0.29) is 5.41 Å². The van der Waals surface area contributed by atoms with Crippen LogP contribution in [0.1, 0.15) is 105 Å². The number of hydrogen-bond donors (Lipinski definition) is 1. The van der Waals surface area contributed by atoms with Crippen molar-refractivity contribution in [2.24, 2.45) is 46.3 Å². The lowest BCUT2D eigenvalue weighted by atomic mass is 9.45. The van der Waals surface area contributed by atoms with Crippen molar-refractivity contribution in [3.05, 3.63) is 12.2 Å². The van der Waals surface area contributed by atoms with E-state index < -0.39 is 5.60 Å². The molecule has 0 aromatic carbocycles. The van der Waals surface area contributed by atoms with Crippen LogP contribution in [0.15, 0.2) is 12.2 Å². The third kappa shape index (κ3) is 3.14. The van der Waals surface area contributed by atoms with E-state index >= 15 is 0 Å². The highest BCUT2D eigenvalue weighted by Crippen LogP contribution is 2.67. The zero-order valence-corrected chi connectivity index (χ0v) is 19.3. The van der Waals surface area contributed by atoms with Gasteiger partial charge in [0.05, 0.1) is 5.60 Å². The summed E-state index contributed by atoms with van der Waals surface area (Å²) in [5, 5.41) is 11.5. The fourth-order valence-corrected chi connectivity index (χ4v) is 8.67. The second kappa shape index (κ2) is 7.44. The van der Waals surface area contributed by atoms with Crippen LogP contribution in [-0.4, -0.2) is 10.7 Å². The Morgan fingerprint density at radius 3 is 2.43 bits per heavy atom. The van der Waals surface area contributed by atoms with Crippen LogP contribution in [0, 0.1) is 46.3 Å². The van der Waals surface area contributed by atoms with Gasteiger partial charge in [-0.15, -0.1) is 0 Å². The van der Waals surface area contributed by atoms with Gasteiger partial charge in [-0.2, -0.15) is 0 Å². The topological polar surface area (TPSA) is 20.2 Å². The summed E-state index contributed by atoms with van der Waals surface area (Å²) in [6.45, 7) is 12.4. The van der Waals surface area contributed by atoms with E-state index in [1.807, 2.05) is 0 Å². The molecule has 160 valence electrons. The number of aliphatic hydroxyl groups is 1. The molecule has 1 nitrogen and oxygen atoms in total. The molecule has 1 heteroatoms. The normalized spacial score (nSPS) is 48.8. The van der Waals surface area contributed by atoms with E-state index in [9.17, 15) is 5.11 Å². The number of allylic oxidation sites excluding steroid dienone is 1. The third-order valence-electron chi connectivity index (χ3n) is 10.4. The standard InChI is InChI=1S/C27H46O/c1-19(2)9-8-10-20(3)22-11-12-23-21-13-18-27(28)16-7-6-15-26(27,5)24(21)14-17-25(22,23)4/h13,18-24,28H,6-12,14-17H2,1-5H3/t20?,21?,22?,23?,24?,25-,26-,27+/m1/s1. The molecule has 8 atom stereocenters. The van der Waals surface area contributed by atoms with Crippen LogP contribution >= 0.6 is 0 Å². The molecule has 4 aliphatic carbocycles. The summed E-state index contributed by atoms with van der Waals surface area (Å²) in [6.07, 6.45) is 19.4. The van der Waals surface area contributed by atoms with Crippen molar-refractivity contribution in [1.29, 1.82) is 0 Å². The van der Waals surface area contributed by atoms with Crippen LogP contribution in [0.25, 0.3) is 0 Å². The van der Waals surface area contributed by atoms with E-state index in [1.54, 1.807) is 0 Å². The number of fused-ring (bicyclic) bond motifs is 5. The van der Waals surface area contributed by atoms with E-state index in [0.29, 0.717) is 11.3 Å². The highest BCUT2D eigenvalue weighted by molar-refractivity contribution is 5.24. The molecule has 0 bridgehead atoms. The van der Waals surface area contributed by atoms with Gasteiger partial charge in [0.2, 0.25) is 0 Å². The Bertz CT molecular complexity index is 593. The molecule has 0 saturated heterocycles. The van der Waals surface area contributed by atoms with Crippen molar-refractivity contribution >= 4 is 0 Å². The first-order valence-corrected chi connectivity index (χ1v) is 12.6. The van der Waals surface area contributed by atoms with Crippen molar-refractivity contribution in [3.63, 3.8) is 0 Å². The summed E-state index contributed by atoms with van der Waals surface area (Å²) in [7, 11) is 0. The summed E-state index contributed by atoms with van der Waals surface area (Å²) in [4.78, 5) is 0. The summed E-state index contributed by atoms with van der Waals surface area (Å²) >= 11 is 0. The zero-order valence-electron chi connectivity index (χ0n) is 19.3. The predicted molar refractivity (Wildman–Crippen MR) is 119 cm³/mol. The maximum atomic E-state index is 11.5. The predicted octanol–water partition coefficient (Wildman–Crippen LogP) is 7.39. The van der Waals surface area contributed by atoms with Crippen molar-refractivity contribution in [2.45, 2.75) is 111 Å².